The molecule has 1 aromatic rings. The Morgan fingerprint density at radius 3 is 2.38 bits per heavy atom. The smallest absolute Gasteiger partial charge is 0.337 e. The van der Waals surface area contributed by atoms with Gasteiger partial charge in [0.15, 0.2) is 0 Å². The van der Waals surface area contributed by atoms with E-state index in [1.807, 2.05) is 6.07 Å². The maximum Gasteiger partial charge on any atom is 0.337 e. The molecule has 5 heteroatoms. The molecular weight excluding hydrogens is 308 g/mol. The maximum absolute atomic E-state index is 12.1. The summed E-state index contributed by atoms with van der Waals surface area (Å²) < 4.78 is 10.0. The van der Waals surface area contributed by atoms with Crippen LogP contribution in [-0.4, -0.2) is 30.4 Å². The molecule has 5 nitrogen and oxygen atoms in total. The molecule has 0 saturated carbocycles. The largest absolute Gasteiger partial charge is 0.465 e. The van der Waals surface area contributed by atoms with Gasteiger partial charge in [-0.1, -0.05) is 12.1 Å². The van der Waals surface area contributed by atoms with Gasteiger partial charge >= 0.3 is 11.9 Å². The van der Waals surface area contributed by atoms with Crippen LogP contribution >= 0.6 is 0 Å². The Labute approximate surface area is 143 Å². The number of methoxy groups -OCH3 is 1. The van der Waals surface area contributed by atoms with Crippen molar-refractivity contribution >= 4 is 17.7 Å². The van der Waals surface area contributed by atoms with Gasteiger partial charge in [-0.25, -0.2) is 4.79 Å². The van der Waals surface area contributed by atoms with Crippen LogP contribution in [0.25, 0.3) is 0 Å². The quantitative estimate of drug-likeness (QED) is 0.565. The van der Waals surface area contributed by atoms with E-state index in [1.165, 1.54) is 14.0 Å². The molecule has 0 unspecified atom stereocenters. The van der Waals surface area contributed by atoms with Crippen LogP contribution in [0.1, 0.15) is 56.5 Å². The standard InChI is InChI=1S/C19H26O5/c1-13(20)16(18(22)24-19(2,3)4)11-7-9-14-8-6-10-15(12-14)17(21)23-5/h6,8,10,12,16H,7,9,11H2,1-5H3/t16-/m1/s1. The summed E-state index contributed by atoms with van der Waals surface area (Å²) >= 11 is 0. The van der Waals surface area contributed by atoms with Crippen molar-refractivity contribution in [2.75, 3.05) is 7.11 Å². The molecule has 1 atom stereocenters. The number of carbonyl (C=O) groups excluding carboxylic acids is 3. The SMILES string of the molecule is COC(=O)c1cccc(CCC[C@H](C(C)=O)C(=O)OC(C)(C)C)c1. The monoisotopic (exact) mass is 334 g/mol. The van der Waals surface area contributed by atoms with E-state index < -0.39 is 17.5 Å². The normalized spacial score (nSPS) is 12.4. The minimum Gasteiger partial charge on any atom is -0.465 e. The van der Waals surface area contributed by atoms with Crippen LogP contribution < -0.4 is 0 Å². The number of Topliss-reactive ketones (excluding diaryl/α,β-unsaturated/α-hetero) is 1. The molecule has 132 valence electrons. The van der Waals surface area contributed by atoms with Crippen LogP contribution in [0, 0.1) is 5.92 Å². The van der Waals surface area contributed by atoms with E-state index in [2.05, 4.69) is 0 Å². The van der Waals surface area contributed by atoms with Crippen molar-refractivity contribution in [2.45, 2.75) is 52.6 Å². The van der Waals surface area contributed by atoms with Crippen molar-refractivity contribution in [1.29, 1.82) is 0 Å². The first-order valence-electron chi connectivity index (χ1n) is 8.04. The number of hydrogen-bond acceptors (Lipinski definition) is 5. The number of ketones is 1. The zero-order valence-corrected chi connectivity index (χ0v) is 15.0. The summed E-state index contributed by atoms with van der Waals surface area (Å²) in [4.78, 5) is 35.4. The van der Waals surface area contributed by atoms with Gasteiger partial charge in [0, 0.05) is 0 Å². The summed E-state index contributed by atoms with van der Waals surface area (Å²) in [6.45, 7) is 6.74. The van der Waals surface area contributed by atoms with E-state index >= 15 is 0 Å². The fourth-order valence-corrected chi connectivity index (χ4v) is 2.34. The highest BCUT2D eigenvalue weighted by atomic mass is 16.6. The fourth-order valence-electron chi connectivity index (χ4n) is 2.34. The zero-order valence-electron chi connectivity index (χ0n) is 15.0. The number of hydrogen-bond donors (Lipinski definition) is 0. The Kier molecular flexibility index (Phi) is 7.14. The maximum atomic E-state index is 12.1. The number of esters is 2. The number of benzene rings is 1. The molecule has 0 aliphatic heterocycles. The van der Waals surface area contributed by atoms with Crippen molar-refractivity contribution in [3.63, 3.8) is 0 Å². The highest BCUT2D eigenvalue weighted by Gasteiger charge is 2.28. The van der Waals surface area contributed by atoms with Gasteiger partial charge in [-0.05, 0) is 64.7 Å². The first-order valence-corrected chi connectivity index (χ1v) is 8.04. The van der Waals surface area contributed by atoms with Crippen molar-refractivity contribution in [3.8, 4) is 0 Å². The van der Waals surface area contributed by atoms with Crippen LogP contribution in [-0.2, 0) is 25.5 Å². The number of aryl methyl sites for hydroxylation is 1. The highest BCUT2D eigenvalue weighted by molar-refractivity contribution is 5.97. The molecule has 0 fully saturated rings. The van der Waals surface area contributed by atoms with Gasteiger partial charge in [0.05, 0.1) is 12.7 Å². The molecule has 1 aromatic carbocycles. The number of rotatable bonds is 7. The lowest BCUT2D eigenvalue weighted by molar-refractivity contribution is -0.162. The molecule has 1 rings (SSSR count). The minimum absolute atomic E-state index is 0.187. The molecule has 24 heavy (non-hydrogen) atoms. The van der Waals surface area contributed by atoms with Gasteiger partial charge in [-0.15, -0.1) is 0 Å². The molecule has 0 aliphatic carbocycles. The van der Waals surface area contributed by atoms with Gasteiger partial charge in [0.25, 0.3) is 0 Å². The van der Waals surface area contributed by atoms with Crippen LogP contribution in [0.2, 0.25) is 0 Å². The predicted molar refractivity (Wildman–Crippen MR) is 90.7 cm³/mol. The summed E-state index contributed by atoms with van der Waals surface area (Å²) in [7, 11) is 1.34. The lowest BCUT2D eigenvalue weighted by atomic mass is 9.95. The molecule has 0 saturated heterocycles. The summed E-state index contributed by atoms with van der Waals surface area (Å²) in [5, 5.41) is 0. The van der Waals surface area contributed by atoms with Crippen LogP contribution in [0.15, 0.2) is 24.3 Å². The van der Waals surface area contributed by atoms with Crippen LogP contribution in [0.3, 0.4) is 0 Å². The van der Waals surface area contributed by atoms with E-state index in [1.54, 1.807) is 39.0 Å². The highest BCUT2D eigenvalue weighted by Crippen LogP contribution is 2.18. The second-order valence-corrected chi connectivity index (χ2v) is 6.78. The number of carbonyl (C=O) groups is 3. The van der Waals surface area contributed by atoms with Gasteiger partial charge in [0.1, 0.15) is 17.3 Å². The molecule has 0 N–H and O–H groups in total. The Balaban J connectivity index is 2.65. The molecule has 0 bridgehead atoms. The molecule has 0 spiro atoms. The fraction of sp³-hybridized carbons (Fsp3) is 0.526. The Bertz CT molecular complexity index is 598. The van der Waals surface area contributed by atoms with Crippen LogP contribution in [0.5, 0.6) is 0 Å². The molecular formula is C19H26O5. The first-order chi connectivity index (χ1) is 11.1. The lowest BCUT2D eigenvalue weighted by Gasteiger charge is -2.22. The molecule has 0 aromatic heterocycles. The van der Waals surface area contributed by atoms with E-state index in [9.17, 15) is 14.4 Å². The van der Waals surface area contributed by atoms with E-state index in [4.69, 9.17) is 9.47 Å². The van der Waals surface area contributed by atoms with E-state index in [-0.39, 0.29) is 11.8 Å². The molecule has 0 aliphatic rings. The van der Waals surface area contributed by atoms with Crippen molar-refractivity contribution in [1.82, 2.24) is 0 Å². The number of ether oxygens (including phenoxy) is 2. The summed E-state index contributed by atoms with van der Waals surface area (Å²) in [6, 6.07) is 7.15. The Hall–Kier alpha value is -2.17. The molecule has 0 radical (unpaired) electrons. The van der Waals surface area contributed by atoms with Gasteiger partial charge < -0.3 is 9.47 Å². The first kappa shape index (κ1) is 19.9. The Morgan fingerprint density at radius 1 is 1.17 bits per heavy atom. The second-order valence-electron chi connectivity index (χ2n) is 6.78. The Morgan fingerprint density at radius 2 is 1.83 bits per heavy atom. The third-order valence-corrected chi connectivity index (χ3v) is 3.49. The summed E-state index contributed by atoms with van der Waals surface area (Å²) in [5.41, 5.74) is 0.842. The van der Waals surface area contributed by atoms with Crippen molar-refractivity contribution in [3.05, 3.63) is 35.4 Å². The third kappa shape index (κ3) is 6.52. The second kappa shape index (κ2) is 8.62. The van der Waals surface area contributed by atoms with E-state index in [0.717, 1.165) is 5.56 Å². The van der Waals surface area contributed by atoms with Gasteiger partial charge in [0.2, 0.25) is 0 Å². The average molecular weight is 334 g/mol. The van der Waals surface area contributed by atoms with Crippen molar-refractivity contribution < 1.29 is 23.9 Å². The minimum atomic E-state index is -0.743. The lowest BCUT2D eigenvalue weighted by Crippen LogP contribution is -2.32. The molecule has 0 amide bonds. The van der Waals surface area contributed by atoms with E-state index in [0.29, 0.717) is 24.8 Å². The zero-order chi connectivity index (χ0) is 18.3. The predicted octanol–water partition coefficient (Wildman–Crippen LogP) is 3.34. The van der Waals surface area contributed by atoms with Crippen molar-refractivity contribution in [2.24, 2.45) is 5.92 Å². The molecule has 0 heterocycles. The topological polar surface area (TPSA) is 69.7 Å². The average Bonchev–Trinajstić information content (AvgIpc) is 2.48. The van der Waals surface area contributed by atoms with Gasteiger partial charge in [-0.3, -0.25) is 9.59 Å². The summed E-state index contributed by atoms with van der Waals surface area (Å²) in [5.74, 6) is -1.79. The van der Waals surface area contributed by atoms with Gasteiger partial charge in [-0.2, -0.15) is 0 Å². The third-order valence-electron chi connectivity index (χ3n) is 3.49. The van der Waals surface area contributed by atoms with Crippen LogP contribution in [0.4, 0.5) is 0 Å². The summed E-state index contributed by atoms with van der Waals surface area (Å²) in [6.07, 6.45) is 1.73.